The molecule has 4 rings (SSSR count). The van der Waals surface area contributed by atoms with E-state index < -0.39 is 5.60 Å². The molecular formula is C29H52O2. The summed E-state index contributed by atoms with van der Waals surface area (Å²) in [6.45, 7) is 16.3. The van der Waals surface area contributed by atoms with Gasteiger partial charge in [-0.1, -0.05) is 41.5 Å². The van der Waals surface area contributed by atoms with E-state index in [0.29, 0.717) is 10.8 Å². The number of hydrogen-bond acceptors (Lipinski definition) is 2. The van der Waals surface area contributed by atoms with Crippen LogP contribution in [-0.2, 0) is 0 Å². The molecule has 0 aromatic carbocycles. The summed E-state index contributed by atoms with van der Waals surface area (Å²) in [7, 11) is 0. The van der Waals surface area contributed by atoms with Gasteiger partial charge in [0.05, 0.1) is 11.7 Å². The highest BCUT2D eigenvalue weighted by Crippen LogP contribution is 2.68. The quantitative estimate of drug-likeness (QED) is 0.492. The maximum atomic E-state index is 10.7. The van der Waals surface area contributed by atoms with Gasteiger partial charge in [0.25, 0.3) is 0 Å². The van der Waals surface area contributed by atoms with Crippen LogP contribution in [0.25, 0.3) is 0 Å². The van der Waals surface area contributed by atoms with Crippen molar-refractivity contribution >= 4 is 0 Å². The van der Waals surface area contributed by atoms with Crippen LogP contribution in [0.1, 0.15) is 119 Å². The minimum Gasteiger partial charge on any atom is -0.393 e. The van der Waals surface area contributed by atoms with Crippen molar-refractivity contribution in [1.29, 1.82) is 0 Å². The maximum absolute atomic E-state index is 10.7. The van der Waals surface area contributed by atoms with E-state index in [2.05, 4.69) is 48.5 Å². The van der Waals surface area contributed by atoms with Crippen molar-refractivity contribution in [3.63, 3.8) is 0 Å². The van der Waals surface area contributed by atoms with E-state index in [9.17, 15) is 10.2 Å². The maximum Gasteiger partial charge on any atom is 0.0622 e. The highest BCUT2D eigenvalue weighted by atomic mass is 16.3. The molecule has 2 N–H and O–H groups in total. The largest absolute Gasteiger partial charge is 0.393 e. The highest BCUT2D eigenvalue weighted by molar-refractivity contribution is 5.10. The molecule has 0 spiro atoms. The standard InChI is InChI=1S/C29H52O2/c1-19(8-13-25(30)26(2,3)4)22-11-12-23-21-10-9-20-18-27(5,31)16-17-28(20,6)24(21)14-15-29(22,23)7/h19-25,30-31H,8-18H2,1-7H3/t19-,20?,21+,22-,23+,24+,25-,27+,28+,29-/m1/s1. The van der Waals surface area contributed by atoms with Crippen molar-refractivity contribution in [2.45, 2.75) is 131 Å². The molecule has 4 aliphatic carbocycles. The molecule has 180 valence electrons. The predicted molar refractivity (Wildman–Crippen MR) is 130 cm³/mol. The molecule has 2 heteroatoms. The van der Waals surface area contributed by atoms with Crippen LogP contribution in [0.3, 0.4) is 0 Å². The summed E-state index contributed by atoms with van der Waals surface area (Å²) in [6, 6.07) is 0. The first-order valence-electron chi connectivity index (χ1n) is 13.7. The van der Waals surface area contributed by atoms with E-state index in [0.717, 1.165) is 54.8 Å². The zero-order valence-corrected chi connectivity index (χ0v) is 21.7. The fraction of sp³-hybridized carbons (Fsp3) is 1.00. The Morgan fingerprint density at radius 2 is 1.52 bits per heavy atom. The lowest BCUT2D eigenvalue weighted by atomic mass is 9.43. The van der Waals surface area contributed by atoms with Gasteiger partial charge < -0.3 is 10.2 Å². The number of rotatable bonds is 4. The monoisotopic (exact) mass is 432 g/mol. The Labute approximate surface area is 193 Å². The number of fused-ring (bicyclic) bond motifs is 5. The molecule has 1 unspecified atom stereocenters. The van der Waals surface area contributed by atoms with E-state index >= 15 is 0 Å². The fourth-order valence-electron chi connectivity index (χ4n) is 9.46. The molecule has 0 aromatic heterocycles. The molecule has 4 saturated carbocycles. The fourth-order valence-corrected chi connectivity index (χ4v) is 9.46. The molecule has 0 aliphatic heterocycles. The predicted octanol–water partition coefficient (Wildman–Crippen LogP) is 7.22. The SMILES string of the molecule is C[C@H](CC[C@@H](O)C(C)(C)C)[C@H]1CC[C@H]2[C@@H]3CCC4C[C@@](C)(O)CC[C@]4(C)[C@H]3CC[C@]12C. The first-order chi connectivity index (χ1) is 14.3. The van der Waals surface area contributed by atoms with Crippen molar-refractivity contribution in [2.75, 3.05) is 0 Å². The van der Waals surface area contributed by atoms with Crippen molar-refractivity contribution < 1.29 is 10.2 Å². The van der Waals surface area contributed by atoms with E-state index in [1.165, 1.54) is 51.4 Å². The van der Waals surface area contributed by atoms with E-state index in [1.54, 1.807) is 0 Å². The summed E-state index contributed by atoms with van der Waals surface area (Å²) in [5.41, 5.74) is 0.550. The van der Waals surface area contributed by atoms with Crippen LogP contribution in [0.5, 0.6) is 0 Å². The van der Waals surface area contributed by atoms with Gasteiger partial charge in [0.2, 0.25) is 0 Å². The zero-order valence-electron chi connectivity index (χ0n) is 21.7. The van der Waals surface area contributed by atoms with Gasteiger partial charge in [0.15, 0.2) is 0 Å². The first kappa shape index (κ1) is 24.1. The van der Waals surface area contributed by atoms with Crippen molar-refractivity contribution in [3.8, 4) is 0 Å². The summed E-state index contributed by atoms with van der Waals surface area (Å²) in [5.74, 6) is 5.00. The minimum absolute atomic E-state index is 0.00137. The van der Waals surface area contributed by atoms with Gasteiger partial charge in [-0.25, -0.2) is 0 Å². The molecule has 2 nitrogen and oxygen atoms in total. The van der Waals surface area contributed by atoms with Crippen LogP contribution in [0, 0.1) is 51.8 Å². The summed E-state index contributed by atoms with van der Waals surface area (Å²) in [6.07, 6.45) is 13.6. The van der Waals surface area contributed by atoms with Crippen LogP contribution in [0.4, 0.5) is 0 Å². The normalized spacial score (nSPS) is 49.6. The summed E-state index contributed by atoms with van der Waals surface area (Å²) in [4.78, 5) is 0. The Hall–Kier alpha value is -0.0800. The second-order valence-electron chi connectivity index (χ2n) is 14.5. The highest BCUT2D eigenvalue weighted by Gasteiger charge is 2.61. The van der Waals surface area contributed by atoms with Crippen LogP contribution < -0.4 is 0 Å². The minimum atomic E-state index is -0.425. The summed E-state index contributed by atoms with van der Waals surface area (Å²) >= 11 is 0. The third kappa shape index (κ3) is 4.16. The van der Waals surface area contributed by atoms with Gasteiger partial charge in [-0.05, 0) is 129 Å². The third-order valence-electron chi connectivity index (χ3n) is 11.6. The number of aliphatic hydroxyl groups is 2. The summed E-state index contributed by atoms with van der Waals surface area (Å²) in [5, 5.41) is 21.3. The van der Waals surface area contributed by atoms with Crippen LogP contribution >= 0.6 is 0 Å². The molecular weight excluding hydrogens is 380 g/mol. The first-order valence-corrected chi connectivity index (χ1v) is 13.7. The van der Waals surface area contributed by atoms with E-state index in [-0.39, 0.29) is 11.5 Å². The van der Waals surface area contributed by atoms with E-state index in [1.807, 2.05) is 0 Å². The van der Waals surface area contributed by atoms with Crippen LogP contribution in [0.2, 0.25) is 0 Å². The Kier molecular flexibility index (Phi) is 6.21. The molecule has 0 heterocycles. The molecule has 0 bridgehead atoms. The molecule has 31 heavy (non-hydrogen) atoms. The molecule has 4 aliphatic rings. The molecule has 0 aromatic rings. The number of hydrogen-bond donors (Lipinski definition) is 2. The molecule has 0 amide bonds. The topological polar surface area (TPSA) is 40.5 Å². The second-order valence-corrected chi connectivity index (χ2v) is 14.5. The van der Waals surface area contributed by atoms with Gasteiger partial charge >= 0.3 is 0 Å². The lowest BCUT2D eigenvalue weighted by Gasteiger charge is -2.62. The molecule has 4 fully saturated rings. The van der Waals surface area contributed by atoms with Crippen LogP contribution in [0.15, 0.2) is 0 Å². The van der Waals surface area contributed by atoms with Gasteiger partial charge in [0.1, 0.15) is 0 Å². The van der Waals surface area contributed by atoms with Gasteiger partial charge in [-0.3, -0.25) is 0 Å². The average Bonchev–Trinajstić information content (AvgIpc) is 3.02. The average molecular weight is 433 g/mol. The van der Waals surface area contributed by atoms with Gasteiger partial charge in [-0.2, -0.15) is 0 Å². The molecule has 10 atom stereocenters. The third-order valence-corrected chi connectivity index (χ3v) is 11.6. The Bertz CT molecular complexity index is 648. The molecule has 0 saturated heterocycles. The summed E-state index contributed by atoms with van der Waals surface area (Å²) < 4.78 is 0. The van der Waals surface area contributed by atoms with Crippen molar-refractivity contribution in [1.82, 2.24) is 0 Å². The van der Waals surface area contributed by atoms with Gasteiger partial charge in [-0.15, -0.1) is 0 Å². The Morgan fingerprint density at radius 3 is 2.19 bits per heavy atom. The Morgan fingerprint density at radius 1 is 0.839 bits per heavy atom. The van der Waals surface area contributed by atoms with E-state index in [4.69, 9.17) is 0 Å². The Balaban J connectivity index is 1.45. The molecule has 0 radical (unpaired) electrons. The second kappa shape index (κ2) is 8.00. The van der Waals surface area contributed by atoms with Crippen molar-refractivity contribution in [2.24, 2.45) is 51.8 Å². The number of aliphatic hydroxyl groups excluding tert-OH is 1. The van der Waals surface area contributed by atoms with Gasteiger partial charge in [0, 0.05) is 0 Å². The lowest BCUT2D eigenvalue weighted by molar-refractivity contribution is -0.148. The van der Waals surface area contributed by atoms with Crippen LogP contribution in [-0.4, -0.2) is 21.9 Å². The zero-order chi connectivity index (χ0) is 22.8. The smallest absolute Gasteiger partial charge is 0.0622 e. The lowest BCUT2D eigenvalue weighted by Crippen LogP contribution is -2.55. The van der Waals surface area contributed by atoms with Crippen molar-refractivity contribution in [3.05, 3.63) is 0 Å².